The van der Waals surface area contributed by atoms with Gasteiger partial charge < -0.3 is 15.2 Å². The molecule has 0 bridgehead atoms. The van der Waals surface area contributed by atoms with E-state index >= 15 is 0 Å². The number of carbonyl (C=O) groups excluding carboxylic acids is 1. The van der Waals surface area contributed by atoms with Gasteiger partial charge in [0.2, 0.25) is 0 Å². The molecule has 0 unspecified atom stereocenters. The molecule has 0 spiro atoms. The molecule has 0 fully saturated rings. The van der Waals surface area contributed by atoms with Crippen LogP contribution in [0.1, 0.15) is 10.5 Å². The molecule has 9 heteroatoms. The van der Waals surface area contributed by atoms with Gasteiger partial charge in [0.05, 0.1) is 0 Å². The maximum Gasteiger partial charge on any atom is 0.341 e. The van der Waals surface area contributed by atoms with Crippen LogP contribution >= 0.6 is 0 Å². The van der Waals surface area contributed by atoms with E-state index in [4.69, 9.17) is 9.84 Å². The predicted octanol–water partition coefficient (Wildman–Crippen LogP) is 2.09. The Labute approximate surface area is 157 Å². The first-order valence-corrected chi connectivity index (χ1v) is 8.05. The van der Waals surface area contributed by atoms with Crippen LogP contribution in [0.5, 0.6) is 5.75 Å². The van der Waals surface area contributed by atoms with E-state index in [1.54, 1.807) is 6.07 Å². The number of hydrogen-bond acceptors (Lipinski definition) is 5. The normalized spacial score (nSPS) is 10.3. The zero-order valence-corrected chi connectivity index (χ0v) is 14.3. The molecule has 0 aliphatic heterocycles. The summed E-state index contributed by atoms with van der Waals surface area (Å²) in [7, 11) is 0. The van der Waals surface area contributed by atoms with Gasteiger partial charge in [0.15, 0.2) is 6.61 Å². The summed E-state index contributed by atoms with van der Waals surface area (Å²) < 4.78 is 19.8. The molecule has 8 nitrogen and oxygen atoms in total. The molecule has 1 amide bonds. The van der Waals surface area contributed by atoms with Gasteiger partial charge in [-0.3, -0.25) is 9.59 Å². The van der Waals surface area contributed by atoms with E-state index < -0.39 is 29.9 Å². The van der Waals surface area contributed by atoms with Crippen LogP contribution < -0.4 is 15.6 Å². The number of para-hydroxylation sites is 1. The molecule has 3 aromatic rings. The lowest BCUT2D eigenvalue weighted by Gasteiger charge is -2.09. The topological polar surface area (TPSA) is 111 Å². The highest BCUT2D eigenvalue weighted by atomic mass is 19.1. The minimum absolute atomic E-state index is 0.0675. The third-order valence-corrected chi connectivity index (χ3v) is 3.59. The van der Waals surface area contributed by atoms with Crippen molar-refractivity contribution in [2.75, 3.05) is 11.9 Å². The molecule has 3 rings (SSSR count). The molecule has 0 aliphatic rings. The highest BCUT2D eigenvalue weighted by molar-refractivity contribution is 6.02. The Kier molecular flexibility index (Phi) is 5.45. The molecule has 2 aromatic carbocycles. The Morgan fingerprint density at radius 2 is 1.79 bits per heavy atom. The first-order chi connectivity index (χ1) is 13.4. The lowest BCUT2D eigenvalue weighted by atomic mass is 10.2. The number of carbonyl (C=O) groups is 2. The maximum atomic E-state index is 13.9. The number of halogens is 1. The second-order valence-corrected chi connectivity index (χ2v) is 5.58. The largest absolute Gasteiger partial charge is 0.482 e. The van der Waals surface area contributed by atoms with Crippen LogP contribution in [0.2, 0.25) is 0 Å². The number of carboxylic acids is 1. The number of aliphatic carboxylic acids is 1. The van der Waals surface area contributed by atoms with Crippen LogP contribution in [0, 0.1) is 5.82 Å². The smallest absolute Gasteiger partial charge is 0.341 e. The molecule has 1 heterocycles. The number of amides is 1. The first kappa shape index (κ1) is 18.8. The molecule has 0 radical (unpaired) electrons. The summed E-state index contributed by atoms with van der Waals surface area (Å²) in [5.41, 5.74) is -0.337. The van der Waals surface area contributed by atoms with Crippen molar-refractivity contribution in [1.29, 1.82) is 0 Å². The van der Waals surface area contributed by atoms with Gasteiger partial charge in [0.1, 0.15) is 22.9 Å². The van der Waals surface area contributed by atoms with Crippen molar-refractivity contribution in [3.8, 4) is 11.4 Å². The summed E-state index contributed by atoms with van der Waals surface area (Å²) in [6, 6.07) is 14.0. The fraction of sp³-hybridized carbons (Fsp3) is 0.0526. The predicted molar refractivity (Wildman–Crippen MR) is 97.3 cm³/mol. The number of rotatable bonds is 6. The zero-order chi connectivity index (χ0) is 20.1. The number of nitrogens with one attached hydrogen (secondary N) is 1. The summed E-state index contributed by atoms with van der Waals surface area (Å²) in [5.74, 6) is -2.03. The van der Waals surface area contributed by atoms with E-state index in [1.165, 1.54) is 48.5 Å². The number of benzene rings is 2. The second-order valence-electron chi connectivity index (χ2n) is 5.58. The SMILES string of the molecule is O=C(O)COc1ccc(NC(=O)c2ccc(=O)n(-c3ccccc3F)n2)cc1. The van der Waals surface area contributed by atoms with Gasteiger partial charge in [-0.15, -0.1) is 0 Å². The van der Waals surface area contributed by atoms with Crippen LogP contribution in [0.3, 0.4) is 0 Å². The fourth-order valence-electron chi connectivity index (χ4n) is 2.30. The van der Waals surface area contributed by atoms with Crippen LogP contribution in [0.25, 0.3) is 5.69 Å². The molecule has 2 N–H and O–H groups in total. The third kappa shape index (κ3) is 4.39. The van der Waals surface area contributed by atoms with Crippen molar-refractivity contribution >= 4 is 17.6 Å². The summed E-state index contributed by atoms with van der Waals surface area (Å²) in [6.45, 7) is -0.479. The summed E-state index contributed by atoms with van der Waals surface area (Å²) >= 11 is 0. The van der Waals surface area contributed by atoms with Gasteiger partial charge in [-0.25, -0.2) is 9.18 Å². The molecule has 142 valence electrons. The number of ether oxygens (including phenoxy) is 1. The lowest BCUT2D eigenvalue weighted by Crippen LogP contribution is -2.25. The Balaban J connectivity index is 1.78. The zero-order valence-electron chi connectivity index (χ0n) is 14.3. The van der Waals surface area contributed by atoms with Crippen LogP contribution in [0.15, 0.2) is 65.5 Å². The molecule has 0 aliphatic carbocycles. The minimum Gasteiger partial charge on any atom is -0.482 e. The number of anilines is 1. The first-order valence-electron chi connectivity index (χ1n) is 8.05. The number of aromatic nitrogens is 2. The van der Waals surface area contributed by atoms with Crippen molar-refractivity contribution in [2.24, 2.45) is 0 Å². The van der Waals surface area contributed by atoms with Gasteiger partial charge in [-0.2, -0.15) is 9.78 Å². The standard InChI is InChI=1S/C19H14FN3O5/c20-14-3-1-2-4-16(14)23-17(24)10-9-15(22-23)19(27)21-12-5-7-13(8-6-12)28-11-18(25)26/h1-10H,11H2,(H,21,27)(H,25,26). The number of hydrogen-bond donors (Lipinski definition) is 2. The molecular formula is C19H14FN3O5. The maximum absolute atomic E-state index is 13.9. The molecule has 0 atom stereocenters. The van der Waals surface area contributed by atoms with E-state index in [0.717, 1.165) is 10.7 Å². The summed E-state index contributed by atoms with van der Waals surface area (Å²) in [4.78, 5) is 34.9. The third-order valence-electron chi connectivity index (χ3n) is 3.59. The van der Waals surface area contributed by atoms with Gasteiger partial charge in [0.25, 0.3) is 11.5 Å². The lowest BCUT2D eigenvalue weighted by molar-refractivity contribution is -0.139. The van der Waals surface area contributed by atoms with Crippen molar-refractivity contribution in [3.63, 3.8) is 0 Å². The van der Waals surface area contributed by atoms with Crippen molar-refractivity contribution in [2.45, 2.75) is 0 Å². The molecule has 0 saturated carbocycles. The monoisotopic (exact) mass is 383 g/mol. The van der Waals surface area contributed by atoms with Crippen LogP contribution in [-0.4, -0.2) is 33.4 Å². The van der Waals surface area contributed by atoms with Crippen molar-refractivity contribution < 1.29 is 23.8 Å². The highest BCUT2D eigenvalue weighted by Crippen LogP contribution is 2.16. The summed E-state index contributed by atoms with van der Waals surface area (Å²) in [6.07, 6.45) is 0. The van der Waals surface area contributed by atoms with E-state index in [0.29, 0.717) is 11.4 Å². The van der Waals surface area contributed by atoms with Crippen molar-refractivity contribution in [3.05, 3.63) is 82.5 Å². The minimum atomic E-state index is -1.10. The number of nitrogens with zero attached hydrogens (tertiary/aromatic N) is 2. The fourth-order valence-corrected chi connectivity index (χ4v) is 2.30. The van der Waals surface area contributed by atoms with Crippen molar-refractivity contribution in [1.82, 2.24) is 9.78 Å². The Bertz CT molecular complexity index is 1080. The highest BCUT2D eigenvalue weighted by Gasteiger charge is 2.13. The van der Waals surface area contributed by atoms with E-state index in [1.807, 2.05) is 0 Å². The van der Waals surface area contributed by atoms with Gasteiger partial charge in [-0.1, -0.05) is 12.1 Å². The van der Waals surface area contributed by atoms with E-state index in [2.05, 4.69) is 10.4 Å². The summed E-state index contributed by atoms with van der Waals surface area (Å²) in [5, 5.41) is 15.1. The average Bonchev–Trinajstić information content (AvgIpc) is 2.68. The molecule has 0 saturated heterocycles. The van der Waals surface area contributed by atoms with Gasteiger partial charge >= 0.3 is 5.97 Å². The Morgan fingerprint density at radius 3 is 2.46 bits per heavy atom. The molecule has 28 heavy (non-hydrogen) atoms. The average molecular weight is 383 g/mol. The molecular weight excluding hydrogens is 369 g/mol. The molecule has 1 aromatic heterocycles. The van der Waals surface area contributed by atoms with Crippen LogP contribution in [0.4, 0.5) is 10.1 Å². The van der Waals surface area contributed by atoms with E-state index in [-0.39, 0.29) is 11.4 Å². The van der Waals surface area contributed by atoms with Gasteiger partial charge in [0, 0.05) is 11.8 Å². The quantitative estimate of drug-likeness (QED) is 0.674. The van der Waals surface area contributed by atoms with Crippen LogP contribution in [-0.2, 0) is 4.79 Å². The van der Waals surface area contributed by atoms with Gasteiger partial charge in [-0.05, 0) is 42.5 Å². The van der Waals surface area contributed by atoms with E-state index in [9.17, 15) is 18.8 Å². The Morgan fingerprint density at radius 1 is 1.07 bits per heavy atom. The second kappa shape index (κ2) is 8.12. The number of carboxylic acid groups (broad SMARTS) is 1. The Hall–Kier alpha value is -4.01.